The molecule has 1 heterocycles. The molecule has 148 valence electrons. The molecule has 3 aromatic rings. The van der Waals surface area contributed by atoms with Crippen LogP contribution in [0, 0.1) is 17.0 Å². The van der Waals surface area contributed by atoms with Gasteiger partial charge < -0.3 is 5.11 Å². The molecule has 6 nitrogen and oxygen atoms in total. The largest absolute Gasteiger partial charge is 0.508 e. The number of nitro groups is 1. The molecule has 0 bridgehead atoms. The van der Waals surface area contributed by atoms with Gasteiger partial charge in [-0.1, -0.05) is 35.9 Å². The molecule has 0 spiro atoms. The van der Waals surface area contributed by atoms with Crippen LogP contribution in [-0.4, -0.2) is 15.9 Å². The first-order chi connectivity index (χ1) is 14.4. The molecule has 1 N–H and O–H groups in total. The van der Waals surface area contributed by atoms with E-state index >= 15 is 0 Å². The number of amides is 1. The van der Waals surface area contributed by atoms with Crippen LogP contribution in [-0.2, 0) is 4.79 Å². The highest BCUT2D eigenvalue weighted by atomic mass is 16.6. The van der Waals surface area contributed by atoms with Crippen LogP contribution in [0.25, 0.3) is 11.8 Å². The minimum atomic E-state index is -0.462. The molecule has 0 atom stereocenters. The van der Waals surface area contributed by atoms with Gasteiger partial charge in [-0.3, -0.25) is 19.8 Å². The summed E-state index contributed by atoms with van der Waals surface area (Å²) in [7, 11) is 0. The fraction of sp³-hybridized carbons (Fsp3) is 0.0417. The number of carbonyl (C=O) groups excluding carboxylic acids is 1. The SMILES string of the molecule is Cc1ccc(C2=C/C(=C\c3ccc([N+](=O)[O-])cc3)C(=O)N2c2cccc(O)c2)cc1. The summed E-state index contributed by atoms with van der Waals surface area (Å²) in [4.78, 5) is 25.2. The van der Waals surface area contributed by atoms with E-state index in [1.807, 2.05) is 31.2 Å². The third-order valence-electron chi connectivity index (χ3n) is 4.84. The summed E-state index contributed by atoms with van der Waals surface area (Å²) in [5.41, 5.74) is 4.34. The van der Waals surface area contributed by atoms with E-state index in [-0.39, 0.29) is 17.3 Å². The Morgan fingerprint density at radius 1 is 1.00 bits per heavy atom. The second-order valence-electron chi connectivity index (χ2n) is 7.00. The van der Waals surface area contributed by atoms with Gasteiger partial charge in [0.05, 0.1) is 16.3 Å². The normalized spacial score (nSPS) is 14.8. The molecule has 0 radical (unpaired) electrons. The summed E-state index contributed by atoms with van der Waals surface area (Å²) >= 11 is 0. The molecular weight excluding hydrogens is 380 g/mol. The average molecular weight is 398 g/mol. The lowest BCUT2D eigenvalue weighted by Gasteiger charge is -2.21. The van der Waals surface area contributed by atoms with Crippen molar-refractivity contribution in [2.45, 2.75) is 6.92 Å². The molecule has 0 aromatic heterocycles. The number of aryl methyl sites for hydroxylation is 1. The highest BCUT2D eigenvalue weighted by Crippen LogP contribution is 2.36. The maximum Gasteiger partial charge on any atom is 0.269 e. The zero-order valence-corrected chi connectivity index (χ0v) is 16.1. The maximum atomic E-state index is 13.3. The second kappa shape index (κ2) is 7.67. The van der Waals surface area contributed by atoms with Crippen molar-refractivity contribution < 1.29 is 14.8 Å². The standard InChI is InChI=1S/C24H18N2O4/c1-16-5-9-18(10-6-16)23-14-19(13-17-7-11-20(12-8-17)26(29)30)24(28)25(23)21-3-2-4-22(27)15-21/h2-15,27H,1H3/b19-13+. The van der Waals surface area contributed by atoms with Crippen LogP contribution in [0.2, 0.25) is 0 Å². The number of carbonyl (C=O) groups is 1. The monoisotopic (exact) mass is 398 g/mol. The number of anilines is 1. The summed E-state index contributed by atoms with van der Waals surface area (Å²) < 4.78 is 0. The first kappa shape index (κ1) is 19.1. The number of benzene rings is 3. The van der Waals surface area contributed by atoms with Gasteiger partial charge in [0.1, 0.15) is 5.75 Å². The lowest BCUT2D eigenvalue weighted by atomic mass is 10.1. The van der Waals surface area contributed by atoms with Crippen molar-refractivity contribution in [3.63, 3.8) is 0 Å². The summed E-state index contributed by atoms with van der Waals surface area (Å²) in [6.07, 6.45) is 3.49. The summed E-state index contributed by atoms with van der Waals surface area (Å²) in [6.45, 7) is 1.99. The van der Waals surface area contributed by atoms with Crippen molar-refractivity contribution >= 4 is 29.1 Å². The predicted octanol–water partition coefficient (Wildman–Crippen LogP) is 5.08. The molecule has 1 aliphatic rings. The number of phenols is 1. The number of hydrogen-bond acceptors (Lipinski definition) is 4. The van der Waals surface area contributed by atoms with Gasteiger partial charge in [-0.2, -0.15) is 0 Å². The van der Waals surface area contributed by atoms with E-state index < -0.39 is 4.92 Å². The van der Waals surface area contributed by atoms with Gasteiger partial charge in [-0.15, -0.1) is 0 Å². The van der Waals surface area contributed by atoms with Gasteiger partial charge in [-0.05, 0) is 54.5 Å². The van der Waals surface area contributed by atoms with Crippen molar-refractivity contribution in [3.8, 4) is 5.75 Å². The summed E-state index contributed by atoms with van der Waals surface area (Å²) in [6, 6.07) is 20.4. The molecule has 0 aliphatic carbocycles. The van der Waals surface area contributed by atoms with Gasteiger partial charge in [0.25, 0.3) is 11.6 Å². The van der Waals surface area contributed by atoms with E-state index in [1.165, 1.54) is 18.2 Å². The van der Waals surface area contributed by atoms with Gasteiger partial charge in [0, 0.05) is 23.8 Å². The summed E-state index contributed by atoms with van der Waals surface area (Å²) in [5.74, 6) is -0.175. The quantitative estimate of drug-likeness (QED) is 0.377. The van der Waals surface area contributed by atoms with Crippen molar-refractivity contribution in [2.24, 2.45) is 0 Å². The Balaban J connectivity index is 1.79. The fourth-order valence-electron chi connectivity index (χ4n) is 3.31. The third-order valence-corrected chi connectivity index (χ3v) is 4.84. The fourth-order valence-corrected chi connectivity index (χ4v) is 3.31. The van der Waals surface area contributed by atoms with Crippen molar-refractivity contribution in [2.75, 3.05) is 4.90 Å². The molecule has 1 aliphatic heterocycles. The van der Waals surface area contributed by atoms with E-state index in [1.54, 1.807) is 47.4 Å². The highest BCUT2D eigenvalue weighted by molar-refractivity contribution is 6.23. The van der Waals surface area contributed by atoms with Gasteiger partial charge in [0.15, 0.2) is 0 Å². The molecule has 1 amide bonds. The van der Waals surface area contributed by atoms with E-state index in [0.717, 1.165) is 11.1 Å². The predicted molar refractivity (Wildman–Crippen MR) is 116 cm³/mol. The third kappa shape index (κ3) is 3.71. The lowest BCUT2D eigenvalue weighted by molar-refractivity contribution is -0.384. The molecule has 0 fully saturated rings. The Labute approximate surface area is 173 Å². The number of non-ortho nitro benzene ring substituents is 1. The molecule has 0 saturated carbocycles. The lowest BCUT2D eigenvalue weighted by Crippen LogP contribution is -2.24. The molecule has 0 unspecified atom stereocenters. The number of nitrogens with zero attached hydrogens (tertiary/aromatic N) is 2. The Morgan fingerprint density at radius 3 is 2.33 bits per heavy atom. The molecular formula is C24H18N2O4. The zero-order chi connectivity index (χ0) is 21.3. The van der Waals surface area contributed by atoms with Crippen molar-refractivity contribution in [3.05, 3.63) is 111 Å². The zero-order valence-electron chi connectivity index (χ0n) is 16.1. The van der Waals surface area contributed by atoms with Crippen LogP contribution in [0.15, 0.2) is 84.4 Å². The van der Waals surface area contributed by atoms with Crippen LogP contribution >= 0.6 is 0 Å². The van der Waals surface area contributed by atoms with Crippen LogP contribution in [0.5, 0.6) is 5.75 Å². The minimum absolute atomic E-state index is 0.00725. The Bertz CT molecular complexity index is 1190. The Hall–Kier alpha value is -4.19. The van der Waals surface area contributed by atoms with Crippen LogP contribution < -0.4 is 4.90 Å². The molecule has 30 heavy (non-hydrogen) atoms. The Kier molecular flexibility index (Phi) is 4.90. The van der Waals surface area contributed by atoms with E-state index in [9.17, 15) is 20.0 Å². The topological polar surface area (TPSA) is 83.7 Å². The van der Waals surface area contributed by atoms with Gasteiger partial charge in [0.2, 0.25) is 0 Å². The summed E-state index contributed by atoms with van der Waals surface area (Å²) in [5, 5.41) is 20.8. The van der Waals surface area contributed by atoms with E-state index in [2.05, 4.69) is 0 Å². The van der Waals surface area contributed by atoms with E-state index in [0.29, 0.717) is 22.5 Å². The average Bonchev–Trinajstić information content (AvgIpc) is 3.05. The number of rotatable bonds is 4. The van der Waals surface area contributed by atoms with Crippen LogP contribution in [0.1, 0.15) is 16.7 Å². The van der Waals surface area contributed by atoms with Crippen molar-refractivity contribution in [1.29, 1.82) is 0 Å². The minimum Gasteiger partial charge on any atom is -0.508 e. The van der Waals surface area contributed by atoms with E-state index in [4.69, 9.17) is 0 Å². The number of aromatic hydroxyl groups is 1. The van der Waals surface area contributed by atoms with Crippen LogP contribution in [0.4, 0.5) is 11.4 Å². The molecule has 0 saturated heterocycles. The number of phenolic OH excluding ortho intramolecular Hbond substituents is 1. The second-order valence-corrected chi connectivity index (χ2v) is 7.00. The maximum absolute atomic E-state index is 13.3. The molecule has 6 heteroatoms. The van der Waals surface area contributed by atoms with Crippen molar-refractivity contribution in [1.82, 2.24) is 0 Å². The molecule has 3 aromatic carbocycles. The number of nitro benzene ring substituents is 1. The molecule has 4 rings (SSSR count). The van der Waals surface area contributed by atoms with Crippen LogP contribution in [0.3, 0.4) is 0 Å². The highest BCUT2D eigenvalue weighted by Gasteiger charge is 2.30. The first-order valence-electron chi connectivity index (χ1n) is 9.31. The number of hydrogen-bond donors (Lipinski definition) is 1. The smallest absolute Gasteiger partial charge is 0.269 e. The Morgan fingerprint density at radius 2 is 1.70 bits per heavy atom. The first-order valence-corrected chi connectivity index (χ1v) is 9.31. The van der Waals surface area contributed by atoms with Gasteiger partial charge >= 0.3 is 0 Å². The van der Waals surface area contributed by atoms with Gasteiger partial charge in [-0.25, -0.2) is 0 Å².